The highest BCUT2D eigenvalue weighted by molar-refractivity contribution is 6.10. The van der Waals surface area contributed by atoms with E-state index in [4.69, 9.17) is 4.74 Å². The molecule has 1 amide bonds. The number of hydrogen-bond donors (Lipinski definition) is 1. The molecular formula is C19H21FN4O2. The highest BCUT2D eigenvalue weighted by atomic mass is 19.1. The number of ether oxygens (including phenoxy) is 1. The van der Waals surface area contributed by atoms with Crippen molar-refractivity contribution in [3.05, 3.63) is 59.9 Å². The van der Waals surface area contributed by atoms with E-state index in [0.717, 1.165) is 18.1 Å². The summed E-state index contributed by atoms with van der Waals surface area (Å²) in [5.41, 5.74) is 1.20. The van der Waals surface area contributed by atoms with Gasteiger partial charge in [0.25, 0.3) is 5.91 Å². The van der Waals surface area contributed by atoms with Gasteiger partial charge in [-0.25, -0.2) is 14.4 Å². The third-order valence-electron chi connectivity index (χ3n) is 3.42. The van der Waals surface area contributed by atoms with Crippen molar-refractivity contribution in [3.63, 3.8) is 0 Å². The smallest absolute Gasteiger partial charge is 0.257 e. The largest absolute Gasteiger partial charge is 0.454 e. The van der Waals surface area contributed by atoms with Crippen molar-refractivity contribution in [1.29, 1.82) is 0 Å². The van der Waals surface area contributed by atoms with E-state index in [2.05, 4.69) is 20.3 Å². The van der Waals surface area contributed by atoms with E-state index < -0.39 is 11.7 Å². The molecule has 1 aromatic carbocycles. The monoisotopic (exact) mass is 356 g/mol. The van der Waals surface area contributed by atoms with Crippen molar-refractivity contribution in [2.75, 3.05) is 6.54 Å². The van der Waals surface area contributed by atoms with Crippen LogP contribution in [0.2, 0.25) is 0 Å². The first-order valence-corrected chi connectivity index (χ1v) is 8.28. The van der Waals surface area contributed by atoms with Crippen LogP contribution in [-0.4, -0.2) is 28.3 Å². The maximum absolute atomic E-state index is 13.9. The molecule has 0 atom stereocenters. The van der Waals surface area contributed by atoms with Crippen molar-refractivity contribution < 1.29 is 13.9 Å². The Morgan fingerprint density at radius 3 is 2.62 bits per heavy atom. The quantitative estimate of drug-likeness (QED) is 0.629. The molecule has 0 aliphatic heterocycles. The maximum atomic E-state index is 13.9. The molecule has 1 N–H and O–H groups in total. The Bertz CT molecular complexity index is 820. The Balaban J connectivity index is 2.21. The van der Waals surface area contributed by atoms with E-state index in [0.29, 0.717) is 18.1 Å². The van der Waals surface area contributed by atoms with E-state index >= 15 is 0 Å². The third-order valence-corrected chi connectivity index (χ3v) is 3.42. The summed E-state index contributed by atoms with van der Waals surface area (Å²) in [4.78, 5) is 24.4. The van der Waals surface area contributed by atoms with Crippen LogP contribution in [0.1, 0.15) is 37.6 Å². The summed E-state index contributed by atoms with van der Waals surface area (Å²) < 4.78 is 19.4. The predicted octanol–water partition coefficient (Wildman–Crippen LogP) is 3.91. The molecule has 2 rings (SSSR count). The summed E-state index contributed by atoms with van der Waals surface area (Å²) in [6.45, 7) is 6.36. The number of aromatic nitrogens is 2. The Morgan fingerprint density at radius 1 is 1.23 bits per heavy atom. The summed E-state index contributed by atoms with van der Waals surface area (Å²) in [7, 11) is 0. The Morgan fingerprint density at radius 2 is 1.96 bits per heavy atom. The second-order valence-electron chi connectivity index (χ2n) is 5.51. The van der Waals surface area contributed by atoms with Gasteiger partial charge in [0.05, 0.1) is 12.4 Å². The first-order valence-electron chi connectivity index (χ1n) is 8.28. The number of benzene rings is 1. The molecule has 0 bridgehead atoms. The minimum Gasteiger partial charge on any atom is -0.454 e. The van der Waals surface area contributed by atoms with E-state index in [1.54, 1.807) is 6.08 Å². The van der Waals surface area contributed by atoms with Crippen molar-refractivity contribution in [1.82, 2.24) is 15.3 Å². The fourth-order valence-corrected chi connectivity index (χ4v) is 2.04. The summed E-state index contributed by atoms with van der Waals surface area (Å²) in [5, 5.41) is 2.71. The second-order valence-corrected chi connectivity index (χ2v) is 5.51. The molecule has 0 saturated carbocycles. The van der Waals surface area contributed by atoms with Crippen LogP contribution in [0.3, 0.4) is 0 Å². The summed E-state index contributed by atoms with van der Waals surface area (Å²) >= 11 is 0. The second kappa shape index (κ2) is 9.41. The van der Waals surface area contributed by atoms with Gasteiger partial charge in [-0.15, -0.1) is 0 Å². The van der Waals surface area contributed by atoms with E-state index in [9.17, 15) is 9.18 Å². The zero-order chi connectivity index (χ0) is 18.9. The molecule has 0 spiro atoms. The number of nitrogens with one attached hydrogen (secondary N) is 1. The fraction of sp³-hybridized carbons (Fsp3) is 0.263. The minimum atomic E-state index is -0.584. The van der Waals surface area contributed by atoms with Gasteiger partial charge in [0.2, 0.25) is 0 Å². The maximum Gasteiger partial charge on any atom is 0.257 e. The molecule has 26 heavy (non-hydrogen) atoms. The molecule has 6 nitrogen and oxygen atoms in total. The molecule has 0 saturated heterocycles. The molecule has 2 aromatic rings. The molecule has 1 aromatic heterocycles. The number of amidine groups is 1. The molecule has 0 unspecified atom stereocenters. The zero-order valence-corrected chi connectivity index (χ0v) is 15.0. The fourth-order valence-electron chi connectivity index (χ4n) is 2.04. The van der Waals surface area contributed by atoms with E-state index in [1.165, 1.54) is 30.9 Å². The van der Waals surface area contributed by atoms with Crippen molar-refractivity contribution in [2.45, 2.75) is 27.2 Å². The highest BCUT2D eigenvalue weighted by Gasteiger charge is 2.12. The number of amides is 1. The molecule has 1 heterocycles. The van der Waals surface area contributed by atoms with Crippen molar-refractivity contribution in [3.8, 4) is 11.5 Å². The van der Waals surface area contributed by atoms with E-state index in [1.807, 2.05) is 20.8 Å². The summed E-state index contributed by atoms with van der Waals surface area (Å²) in [5.74, 6) is -0.0803. The van der Waals surface area contributed by atoms with Gasteiger partial charge in [-0.1, -0.05) is 12.5 Å². The van der Waals surface area contributed by atoms with Gasteiger partial charge < -0.3 is 10.1 Å². The minimum absolute atomic E-state index is 0.128. The lowest BCUT2D eigenvalue weighted by atomic mass is 10.2. The van der Waals surface area contributed by atoms with Gasteiger partial charge in [-0.05, 0) is 38.5 Å². The van der Waals surface area contributed by atoms with Gasteiger partial charge in [0.1, 0.15) is 23.7 Å². The normalized spacial score (nSPS) is 12.0. The third kappa shape index (κ3) is 5.77. The lowest BCUT2D eigenvalue weighted by Gasteiger charge is -2.09. The number of carbonyl (C=O) groups excluding carboxylic acids is 1. The van der Waals surface area contributed by atoms with Crippen molar-refractivity contribution >= 4 is 11.7 Å². The molecule has 136 valence electrons. The van der Waals surface area contributed by atoms with Crippen LogP contribution >= 0.6 is 0 Å². The number of nitrogens with zero attached hydrogens (tertiary/aromatic N) is 3. The molecule has 0 aliphatic carbocycles. The van der Waals surface area contributed by atoms with Crippen LogP contribution in [0.4, 0.5) is 4.39 Å². The first-order chi connectivity index (χ1) is 12.5. The number of aliphatic imine (C=N–C) groups is 1. The van der Waals surface area contributed by atoms with Crippen LogP contribution in [-0.2, 0) is 0 Å². The average Bonchev–Trinajstić information content (AvgIpc) is 2.62. The summed E-state index contributed by atoms with van der Waals surface area (Å²) in [6.07, 6.45) is 6.90. The lowest BCUT2D eigenvalue weighted by Crippen LogP contribution is -2.29. The molecule has 0 aliphatic rings. The number of carbonyl (C=O) groups is 1. The number of halogens is 1. The first kappa shape index (κ1) is 19.2. The molecule has 0 radical (unpaired) electrons. The van der Waals surface area contributed by atoms with Gasteiger partial charge in [0, 0.05) is 18.2 Å². The number of rotatable bonds is 6. The Labute approximate surface area is 151 Å². The summed E-state index contributed by atoms with van der Waals surface area (Å²) in [6, 6.07) is 3.78. The lowest BCUT2D eigenvalue weighted by molar-refractivity contribution is 0.0976. The van der Waals surface area contributed by atoms with Crippen LogP contribution < -0.4 is 10.1 Å². The standard InChI is InChI=1S/C19H21FN4O2/c1-4-13(3)6-18(23-5-2)24-19(25)14-7-15(20)9-16(8-14)26-17-10-21-12-22-11-17/h6-12H,4-5H2,1-3H3,(H,23,24,25)/b13-6-. The zero-order valence-electron chi connectivity index (χ0n) is 15.0. The van der Waals surface area contributed by atoms with E-state index in [-0.39, 0.29) is 11.3 Å². The number of hydrogen-bond acceptors (Lipinski definition) is 5. The van der Waals surface area contributed by atoms with Crippen LogP contribution in [0, 0.1) is 5.82 Å². The van der Waals surface area contributed by atoms with Crippen molar-refractivity contribution in [2.24, 2.45) is 4.99 Å². The average molecular weight is 356 g/mol. The SMILES string of the molecule is CCN=C(/C=C(/C)CC)NC(=O)c1cc(F)cc(Oc2cncnc2)c1. The number of allylic oxidation sites excluding steroid dienone is 1. The molecule has 0 fully saturated rings. The Kier molecular flexibility index (Phi) is 6.96. The van der Waals surface area contributed by atoms with Gasteiger partial charge in [0.15, 0.2) is 5.75 Å². The van der Waals surface area contributed by atoms with Crippen LogP contribution in [0.15, 0.2) is 53.6 Å². The van der Waals surface area contributed by atoms with Crippen LogP contribution in [0.5, 0.6) is 11.5 Å². The predicted molar refractivity (Wildman–Crippen MR) is 98.0 cm³/mol. The van der Waals surface area contributed by atoms with Gasteiger partial charge in [-0.2, -0.15) is 0 Å². The molecular weight excluding hydrogens is 335 g/mol. The van der Waals surface area contributed by atoms with Gasteiger partial charge >= 0.3 is 0 Å². The van der Waals surface area contributed by atoms with Gasteiger partial charge in [-0.3, -0.25) is 9.79 Å². The topological polar surface area (TPSA) is 76.5 Å². The molecule has 7 heteroatoms. The highest BCUT2D eigenvalue weighted by Crippen LogP contribution is 2.22. The Hall–Kier alpha value is -3.09. The van der Waals surface area contributed by atoms with Crippen LogP contribution in [0.25, 0.3) is 0 Å².